The quantitative estimate of drug-likeness (QED) is 0.802. The molecule has 0 bridgehead atoms. The second-order valence-electron chi connectivity index (χ2n) is 3.34. The molecule has 0 radical (unpaired) electrons. The lowest BCUT2D eigenvalue weighted by atomic mass is 10.2. The molecule has 2 aromatic heterocycles. The Morgan fingerprint density at radius 1 is 1.60 bits per heavy atom. The van der Waals surface area contributed by atoms with Crippen LogP contribution < -0.4 is 0 Å². The molecule has 0 aliphatic carbocycles. The molecule has 2 heterocycles. The highest BCUT2D eigenvalue weighted by atomic mass is 16.4. The zero-order valence-corrected chi connectivity index (χ0v) is 8.56. The molecule has 1 N–H and O–H groups in total. The van der Waals surface area contributed by atoms with Gasteiger partial charge in [0.1, 0.15) is 0 Å². The zero-order chi connectivity index (χ0) is 11.0. The van der Waals surface area contributed by atoms with Crippen molar-refractivity contribution in [2.45, 2.75) is 20.3 Å². The molecule has 2 rings (SSSR count). The molecule has 15 heavy (non-hydrogen) atoms. The number of rotatable bonds is 2. The Balaban J connectivity index is 2.75. The fraction of sp³-hybridized carbons (Fsp3) is 0.300. The summed E-state index contributed by atoms with van der Waals surface area (Å²) in [5.74, 6) is -0.588. The first-order valence-corrected chi connectivity index (χ1v) is 4.70. The van der Waals surface area contributed by atoms with Crippen LogP contribution >= 0.6 is 0 Å². The van der Waals surface area contributed by atoms with Crippen LogP contribution in [0.4, 0.5) is 0 Å². The molecule has 5 nitrogen and oxygen atoms in total. The fourth-order valence-electron chi connectivity index (χ4n) is 1.63. The van der Waals surface area contributed by atoms with Crippen LogP contribution in [0, 0.1) is 6.92 Å². The Hall–Kier alpha value is -1.91. The molecule has 0 saturated carbocycles. The monoisotopic (exact) mass is 205 g/mol. The lowest BCUT2D eigenvalue weighted by molar-refractivity contribution is 0.0691. The summed E-state index contributed by atoms with van der Waals surface area (Å²) in [6, 6.07) is 0. The van der Waals surface area contributed by atoms with Gasteiger partial charge < -0.3 is 5.11 Å². The first kappa shape index (κ1) is 9.64. The maximum Gasteiger partial charge on any atom is 0.356 e. The highest BCUT2D eigenvalue weighted by Gasteiger charge is 2.12. The van der Waals surface area contributed by atoms with Crippen molar-refractivity contribution in [2.24, 2.45) is 0 Å². The first-order chi connectivity index (χ1) is 7.13. The number of carboxylic acids is 1. The minimum absolute atomic E-state index is 0.0304. The molecule has 0 aromatic carbocycles. The third-order valence-electron chi connectivity index (χ3n) is 2.36. The third-order valence-corrected chi connectivity index (χ3v) is 2.36. The predicted octanol–water partition coefficient (Wildman–Crippen LogP) is 1.30. The van der Waals surface area contributed by atoms with E-state index in [1.165, 1.54) is 6.20 Å². The Kier molecular flexibility index (Phi) is 2.15. The number of aromatic carboxylic acids is 1. The van der Waals surface area contributed by atoms with E-state index >= 15 is 0 Å². The Labute approximate surface area is 86.4 Å². The Morgan fingerprint density at radius 3 is 2.93 bits per heavy atom. The number of fused-ring (bicyclic) bond motifs is 1. The topological polar surface area (TPSA) is 67.5 Å². The molecule has 0 spiro atoms. The van der Waals surface area contributed by atoms with Crippen molar-refractivity contribution in [1.82, 2.24) is 14.4 Å². The summed E-state index contributed by atoms with van der Waals surface area (Å²) >= 11 is 0. The lowest BCUT2D eigenvalue weighted by Crippen LogP contribution is -1.99. The van der Waals surface area contributed by atoms with Gasteiger partial charge >= 0.3 is 5.97 Å². The van der Waals surface area contributed by atoms with Crippen LogP contribution in [0.3, 0.4) is 0 Å². The fourth-order valence-corrected chi connectivity index (χ4v) is 1.63. The van der Waals surface area contributed by atoms with Gasteiger partial charge in [0.05, 0.1) is 0 Å². The van der Waals surface area contributed by atoms with Crippen molar-refractivity contribution < 1.29 is 9.90 Å². The van der Waals surface area contributed by atoms with E-state index in [4.69, 9.17) is 5.11 Å². The molecule has 78 valence electrons. The van der Waals surface area contributed by atoms with Crippen LogP contribution in [0.25, 0.3) is 5.78 Å². The summed E-state index contributed by atoms with van der Waals surface area (Å²) in [6.45, 7) is 3.97. The largest absolute Gasteiger partial charge is 0.476 e. The molecule has 0 fully saturated rings. The number of aromatic nitrogens is 3. The first-order valence-electron chi connectivity index (χ1n) is 4.70. The van der Waals surface area contributed by atoms with Crippen LogP contribution in [0.5, 0.6) is 0 Å². The summed E-state index contributed by atoms with van der Waals surface area (Å²) < 4.78 is 1.73. The van der Waals surface area contributed by atoms with Crippen molar-refractivity contribution in [3.63, 3.8) is 0 Å². The van der Waals surface area contributed by atoms with E-state index in [1.807, 2.05) is 13.8 Å². The van der Waals surface area contributed by atoms with E-state index in [9.17, 15) is 4.79 Å². The zero-order valence-electron chi connectivity index (χ0n) is 8.56. The standard InChI is InChI=1S/C10H11N3O2/c1-3-8-6(2)4-11-10-12-7(9(14)15)5-13(8)10/h4-5H,3H2,1-2H3,(H,14,15). The van der Waals surface area contributed by atoms with E-state index in [-0.39, 0.29) is 5.69 Å². The van der Waals surface area contributed by atoms with Crippen LogP contribution in [-0.2, 0) is 6.42 Å². The summed E-state index contributed by atoms with van der Waals surface area (Å²) in [4.78, 5) is 18.7. The van der Waals surface area contributed by atoms with E-state index < -0.39 is 5.97 Å². The summed E-state index contributed by atoms with van der Waals surface area (Å²) in [7, 11) is 0. The highest BCUT2D eigenvalue weighted by Crippen LogP contribution is 2.11. The number of imidazole rings is 1. The number of nitrogens with zero attached hydrogens (tertiary/aromatic N) is 3. The van der Waals surface area contributed by atoms with Crippen LogP contribution in [0.1, 0.15) is 28.7 Å². The normalized spacial score (nSPS) is 10.8. The summed E-state index contributed by atoms with van der Waals surface area (Å²) in [6.07, 6.45) is 4.05. The average molecular weight is 205 g/mol. The van der Waals surface area contributed by atoms with Gasteiger partial charge in [0.2, 0.25) is 5.78 Å². The Morgan fingerprint density at radius 2 is 2.33 bits per heavy atom. The molecule has 0 amide bonds. The lowest BCUT2D eigenvalue weighted by Gasteiger charge is -2.04. The van der Waals surface area contributed by atoms with Gasteiger partial charge in [0.15, 0.2) is 5.69 Å². The molecule has 0 aliphatic heterocycles. The van der Waals surface area contributed by atoms with E-state index in [2.05, 4.69) is 9.97 Å². The molecular formula is C10H11N3O2. The molecule has 0 atom stereocenters. The molecule has 0 unspecified atom stereocenters. The van der Waals surface area contributed by atoms with E-state index in [0.717, 1.165) is 17.7 Å². The minimum Gasteiger partial charge on any atom is -0.476 e. The summed E-state index contributed by atoms with van der Waals surface area (Å²) in [5, 5.41) is 8.82. The third kappa shape index (κ3) is 1.45. The molecular weight excluding hydrogens is 194 g/mol. The maximum atomic E-state index is 10.8. The van der Waals surface area contributed by atoms with Crippen molar-refractivity contribution in [2.75, 3.05) is 0 Å². The number of hydrogen-bond donors (Lipinski definition) is 1. The molecule has 0 saturated heterocycles. The van der Waals surface area contributed by atoms with Crippen molar-refractivity contribution >= 4 is 11.7 Å². The van der Waals surface area contributed by atoms with Crippen molar-refractivity contribution in [1.29, 1.82) is 0 Å². The van der Waals surface area contributed by atoms with E-state index in [0.29, 0.717) is 5.78 Å². The second kappa shape index (κ2) is 3.34. The maximum absolute atomic E-state index is 10.8. The van der Waals surface area contributed by atoms with Crippen molar-refractivity contribution in [3.8, 4) is 0 Å². The number of carboxylic acid groups (broad SMARTS) is 1. The van der Waals surface area contributed by atoms with Gasteiger partial charge in [-0.2, -0.15) is 0 Å². The van der Waals surface area contributed by atoms with Gasteiger partial charge in [-0.3, -0.25) is 4.40 Å². The number of hydrogen-bond acceptors (Lipinski definition) is 3. The van der Waals surface area contributed by atoms with Gasteiger partial charge in [0.25, 0.3) is 0 Å². The SMILES string of the molecule is CCc1c(C)cnc2nc(C(=O)O)cn12. The smallest absolute Gasteiger partial charge is 0.356 e. The molecule has 5 heteroatoms. The summed E-state index contributed by atoms with van der Waals surface area (Å²) in [5.41, 5.74) is 2.11. The van der Waals surface area contributed by atoms with Gasteiger partial charge in [0, 0.05) is 18.1 Å². The van der Waals surface area contributed by atoms with Gasteiger partial charge in [-0.25, -0.2) is 14.8 Å². The Bertz CT molecular complexity index is 531. The van der Waals surface area contributed by atoms with Gasteiger partial charge in [-0.05, 0) is 18.9 Å². The number of aryl methyl sites for hydroxylation is 2. The van der Waals surface area contributed by atoms with Crippen LogP contribution in [0.2, 0.25) is 0 Å². The molecule has 0 aliphatic rings. The minimum atomic E-state index is -1.03. The van der Waals surface area contributed by atoms with Crippen LogP contribution in [-0.4, -0.2) is 25.4 Å². The second-order valence-corrected chi connectivity index (χ2v) is 3.34. The molecule has 2 aromatic rings. The van der Waals surface area contributed by atoms with Crippen molar-refractivity contribution in [3.05, 3.63) is 29.3 Å². The van der Waals surface area contributed by atoms with Gasteiger partial charge in [-0.1, -0.05) is 6.92 Å². The highest BCUT2D eigenvalue weighted by molar-refractivity contribution is 5.85. The van der Waals surface area contributed by atoms with Crippen LogP contribution in [0.15, 0.2) is 12.4 Å². The average Bonchev–Trinajstić information content (AvgIpc) is 2.61. The number of carbonyl (C=O) groups is 1. The predicted molar refractivity (Wildman–Crippen MR) is 54.1 cm³/mol. The van der Waals surface area contributed by atoms with Gasteiger partial charge in [-0.15, -0.1) is 0 Å². The van der Waals surface area contributed by atoms with E-state index in [1.54, 1.807) is 10.6 Å².